The van der Waals surface area contributed by atoms with Crippen molar-refractivity contribution in [1.82, 2.24) is 9.36 Å². The highest BCUT2D eigenvalue weighted by molar-refractivity contribution is 7.09. The summed E-state index contributed by atoms with van der Waals surface area (Å²) in [6.07, 6.45) is 4.68. The fourth-order valence-corrected chi connectivity index (χ4v) is 2.27. The number of rotatable bonds is 6. The van der Waals surface area contributed by atoms with Gasteiger partial charge in [-0.2, -0.15) is 4.37 Å². The van der Waals surface area contributed by atoms with Gasteiger partial charge in [0.2, 0.25) is 5.13 Å². The Labute approximate surface area is 94.5 Å². The van der Waals surface area contributed by atoms with Gasteiger partial charge in [-0.25, -0.2) is 4.98 Å². The molecule has 1 aromatic heterocycles. The highest BCUT2D eigenvalue weighted by atomic mass is 32.1. The van der Waals surface area contributed by atoms with Crippen LogP contribution in [-0.4, -0.2) is 21.9 Å². The maximum Gasteiger partial charge on any atom is 0.202 e. The maximum atomic E-state index is 5.47. The van der Waals surface area contributed by atoms with Crippen LogP contribution >= 0.6 is 11.5 Å². The molecule has 1 heterocycles. The largest absolute Gasteiger partial charge is 0.358 e. The Morgan fingerprint density at radius 2 is 2.40 bits per heavy atom. The molecule has 0 spiro atoms. The van der Waals surface area contributed by atoms with Crippen molar-refractivity contribution in [2.75, 3.05) is 11.9 Å². The Balaban J connectivity index is 1.81. The molecule has 1 saturated carbocycles. The Bertz CT molecular complexity index is 308. The number of nitrogens with one attached hydrogen (secondary N) is 1. The number of anilines is 1. The van der Waals surface area contributed by atoms with Gasteiger partial charge in [-0.05, 0) is 39.2 Å². The minimum Gasteiger partial charge on any atom is -0.358 e. The molecule has 1 unspecified atom stereocenters. The molecule has 2 rings (SSSR count). The molecule has 1 aliphatic rings. The van der Waals surface area contributed by atoms with Gasteiger partial charge in [0, 0.05) is 23.5 Å². The normalized spacial score (nSPS) is 17.7. The molecular weight excluding hydrogens is 208 g/mol. The summed E-state index contributed by atoms with van der Waals surface area (Å²) in [7, 11) is 0. The second kappa shape index (κ2) is 4.90. The molecule has 5 heteroatoms. The van der Waals surface area contributed by atoms with E-state index in [0.29, 0.717) is 12.0 Å². The lowest BCUT2D eigenvalue weighted by Crippen LogP contribution is -2.16. The Morgan fingerprint density at radius 3 is 3.07 bits per heavy atom. The maximum absolute atomic E-state index is 5.47. The van der Waals surface area contributed by atoms with Gasteiger partial charge >= 0.3 is 0 Å². The van der Waals surface area contributed by atoms with Gasteiger partial charge in [-0.15, -0.1) is 0 Å². The van der Waals surface area contributed by atoms with Crippen LogP contribution in [-0.2, 0) is 0 Å². The number of nitrogens with two attached hydrogens (primary N) is 1. The fourth-order valence-electron chi connectivity index (χ4n) is 1.51. The molecule has 0 aliphatic heterocycles. The van der Waals surface area contributed by atoms with E-state index in [2.05, 4.69) is 21.6 Å². The molecule has 15 heavy (non-hydrogen) atoms. The van der Waals surface area contributed by atoms with Crippen LogP contribution in [0.3, 0.4) is 0 Å². The van der Waals surface area contributed by atoms with Crippen molar-refractivity contribution in [3.63, 3.8) is 0 Å². The summed E-state index contributed by atoms with van der Waals surface area (Å²) in [6.45, 7) is 2.92. The van der Waals surface area contributed by atoms with E-state index in [1.807, 2.05) is 0 Å². The molecular formula is C10H18N4S. The summed E-state index contributed by atoms with van der Waals surface area (Å²) in [5, 5.41) is 4.33. The molecule has 1 aliphatic carbocycles. The third-order valence-electron chi connectivity index (χ3n) is 2.60. The number of aromatic nitrogens is 2. The van der Waals surface area contributed by atoms with E-state index in [1.54, 1.807) is 0 Å². The number of hydrogen-bond donors (Lipinski definition) is 2. The summed E-state index contributed by atoms with van der Waals surface area (Å²) in [6, 6.07) is 0.438. The lowest BCUT2D eigenvalue weighted by molar-refractivity contribution is 0.662. The van der Waals surface area contributed by atoms with E-state index >= 15 is 0 Å². The highest BCUT2D eigenvalue weighted by Gasteiger charge is 2.27. The van der Waals surface area contributed by atoms with Crippen LogP contribution in [0.2, 0.25) is 0 Å². The zero-order chi connectivity index (χ0) is 10.7. The SMILES string of the molecule is CC(CCCN)Nc1nc(C2CC2)ns1. The predicted octanol–water partition coefficient (Wildman–Crippen LogP) is 1.95. The van der Waals surface area contributed by atoms with Crippen molar-refractivity contribution in [3.05, 3.63) is 5.82 Å². The third kappa shape index (κ3) is 3.14. The zero-order valence-corrected chi connectivity index (χ0v) is 9.89. The fraction of sp³-hybridized carbons (Fsp3) is 0.800. The minimum atomic E-state index is 0.438. The van der Waals surface area contributed by atoms with E-state index in [0.717, 1.165) is 30.3 Å². The Hall–Kier alpha value is -0.680. The van der Waals surface area contributed by atoms with Crippen LogP contribution in [0, 0.1) is 0 Å². The molecule has 4 nitrogen and oxygen atoms in total. The van der Waals surface area contributed by atoms with Gasteiger partial charge in [0.15, 0.2) is 0 Å². The topological polar surface area (TPSA) is 63.8 Å². The average Bonchev–Trinajstić information content (AvgIpc) is 2.98. The molecule has 3 N–H and O–H groups in total. The monoisotopic (exact) mass is 226 g/mol. The Kier molecular flexibility index (Phi) is 3.53. The quantitative estimate of drug-likeness (QED) is 0.778. The molecule has 1 atom stereocenters. The van der Waals surface area contributed by atoms with E-state index in [9.17, 15) is 0 Å². The van der Waals surface area contributed by atoms with Crippen LogP contribution in [0.4, 0.5) is 5.13 Å². The second-order valence-corrected chi connectivity index (χ2v) is 4.96. The number of hydrogen-bond acceptors (Lipinski definition) is 5. The van der Waals surface area contributed by atoms with Crippen LogP contribution in [0.25, 0.3) is 0 Å². The van der Waals surface area contributed by atoms with Gasteiger partial charge in [0.25, 0.3) is 0 Å². The highest BCUT2D eigenvalue weighted by Crippen LogP contribution is 2.39. The molecule has 1 aromatic rings. The van der Waals surface area contributed by atoms with Crippen LogP contribution in [0.15, 0.2) is 0 Å². The van der Waals surface area contributed by atoms with Crippen LogP contribution in [0.1, 0.15) is 44.3 Å². The molecule has 0 saturated heterocycles. The standard InChI is InChI=1S/C10H18N4S/c1-7(3-2-6-11)12-10-13-9(14-15-10)8-4-5-8/h7-8H,2-6,11H2,1H3,(H,12,13,14). The molecule has 84 valence electrons. The summed E-state index contributed by atoms with van der Waals surface area (Å²) in [4.78, 5) is 4.49. The molecule has 0 bridgehead atoms. The minimum absolute atomic E-state index is 0.438. The lowest BCUT2D eigenvalue weighted by atomic mass is 10.2. The van der Waals surface area contributed by atoms with E-state index in [1.165, 1.54) is 24.4 Å². The molecule has 0 radical (unpaired) electrons. The number of nitrogens with zero attached hydrogens (tertiary/aromatic N) is 2. The smallest absolute Gasteiger partial charge is 0.202 e. The van der Waals surface area contributed by atoms with Crippen LogP contribution < -0.4 is 11.1 Å². The van der Waals surface area contributed by atoms with Gasteiger partial charge in [-0.1, -0.05) is 0 Å². The van der Waals surface area contributed by atoms with Crippen molar-refractivity contribution in [2.24, 2.45) is 5.73 Å². The summed E-state index contributed by atoms with van der Waals surface area (Å²) in [5.74, 6) is 1.68. The summed E-state index contributed by atoms with van der Waals surface area (Å²) < 4.78 is 4.35. The Morgan fingerprint density at radius 1 is 1.60 bits per heavy atom. The first-order valence-corrected chi connectivity index (χ1v) is 6.37. The second-order valence-electron chi connectivity index (χ2n) is 4.21. The van der Waals surface area contributed by atoms with E-state index < -0.39 is 0 Å². The van der Waals surface area contributed by atoms with Crippen LogP contribution in [0.5, 0.6) is 0 Å². The van der Waals surface area contributed by atoms with Crippen molar-refractivity contribution in [3.8, 4) is 0 Å². The lowest BCUT2D eigenvalue weighted by Gasteiger charge is -2.10. The summed E-state index contributed by atoms with van der Waals surface area (Å²) >= 11 is 1.48. The predicted molar refractivity (Wildman–Crippen MR) is 63.3 cm³/mol. The van der Waals surface area contributed by atoms with E-state index in [4.69, 9.17) is 5.73 Å². The van der Waals surface area contributed by atoms with Crippen molar-refractivity contribution >= 4 is 16.7 Å². The van der Waals surface area contributed by atoms with Crippen molar-refractivity contribution in [2.45, 2.75) is 44.6 Å². The first-order valence-electron chi connectivity index (χ1n) is 5.60. The van der Waals surface area contributed by atoms with Gasteiger partial charge < -0.3 is 11.1 Å². The average molecular weight is 226 g/mol. The molecule has 0 aromatic carbocycles. The first kappa shape index (κ1) is 10.8. The van der Waals surface area contributed by atoms with Gasteiger partial charge in [0.1, 0.15) is 5.82 Å². The summed E-state index contributed by atoms with van der Waals surface area (Å²) in [5.41, 5.74) is 5.47. The van der Waals surface area contributed by atoms with Gasteiger partial charge in [0.05, 0.1) is 0 Å². The molecule has 1 fully saturated rings. The molecule has 0 amide bonds. The van der Waals surface area contributed by atoms with Crippen molar-refractivity contribution in [1.29, 1.82) is 0 Å². The first-order chi connectivity index (χ1) is 7.29. The van der Waals surface area contributed by atoms with Gasteiger partial charge in [-0.3, -0.25) is 0 Å². The zero-order valence-electron chi connectivity index (χ0n) is 9.07. The van der Waals surface area contributed by atoms with Crippen molar-refractivity contribution < 1.29 is 0 Å². The third-order valence-corrected chi connectivity index (χ3v) is 3.26. The van der Waals surface area contributed by atoms with E-state index in [-0.39, 0.29) is 0 Å².